The quantitative estimate of drug-likeness (QED) is 0.124. The molecule has 4 heteroatoms. The van der Waals surface area contributed by atoms with Gasteiger partial charge in [0.05, 0.1) is 0 Å². The van der Waals surface area contributed by atoms with E-state index in [1.807, 2.05) is 0 Å². The average Bonchev–Trinajstić information content (AvgIpc) is 3.73. The molecule has 0 spiro atoms. The zero-order valence-electron chi connectivity index (χ0n) is 28.0. The maximum Gasteiger partial charge on any atom is 0 e. The fourth-order valence-electron chi connectivity index (χ4n) is 6.39. The molecule has 0 bridgehead atoms. The first-order valence-electron chi connectivity index (χ1n) is 15.4. The van der Waals surface area contributed by atoms with Crippen LogP contribution in [0.25, 0.3) is 65.3 Å². The summed E-state index contributed by atoms with van der Waals surface area (Å²) in [4.78, 5) is 0. The fourth-order valence-corrected chi connectivity index (χ4v) is 6.39. The van der Waals surface area contributed by atoms with Crippen LogP contribution in [0.3, 0.4) is 0 Å². The van der Waals surface area contributed by atoms with Crippen LogP contribution in [0.2, 0.25) is 0 Å². The van der Waals surface area contributed by atoms with Crippen molar-refractivity contribution in [1.29, 1.82) is 0 Å². The number of rotatable bonds is 4. The Labute approximate surface area is 310 Å². The SMILES string of the molecule is CCc1cc2c(-c3cccc4ccccc34)cccc2[cH-]1.CCc1cc2c(-c3cccc4ccccc34)cccc2[cH-]1.[CH3-].[CH3-].[Cl][Zr][Cl].[Si]. The van der Waals surface area contributed by atoms with E-state index in [2.05, 4.69) is 159 Å². The normalized spacial score (nSPS) is 10.2. The van der Waals surface area contributed by atoms with Crippen LogP contribution in [0.5, 0.6) is 0 Å². The third-order valence-corrected chi connectivity index (χ3v) is 8.60. The summed E-state index contributed by atoms with van der Waals surface area (Å²) in [5, 5.41) is 10.7. The molecule has 0 aliphatic carbocycles. The van der Waals surface area contributed by atoms with E-state index < -0.39 is 20.8 Å². The molecule has 4 radical (unpaired) electrons. The van der Waals surface area contributed by atoms with Crippen molar-refractivity contribution < 1.29 is 20.8 Å². The fraction of sp³-hybridized carbons (Fsp3) is 0.0909. The molecular formula is C44H40Cl2SiZr-4. The van der Waals surface area contributed by atoms with Crippen molar-refractivity contribution in [3.05, 3.63) is 172 Å². The van der Waals surface area contributed by atoms with Gasteiger partial charge in [0.15, 0.2) is 0 Å². The summed E-state index contributed by atoms with van der Waals surface area (Å²) in [5.74, 6) is 0. The van der Waals surface area contributed by atoms with Crippen LogP contribution in [0.4, 0.5) is 0 Å². The Kier molecular flexibility index (Phi) is 15.1. The Morgan fingerprint density at radius 1 is 0.458 bits per heavy atom. The van der Waals surface area contributed by atoms with Crippen molar-refractivity contribution in [2.24, 2.45) is 0 Å². The molecule has 8 rings (SSSR count). The molecule has 0 heterocycles. The van der Waals surface area contributed by atoms with Crippen molar-refractivity contribution >= 4 is 71.1 Å². The maximum absolute atomic E-state index is 4.93. The standard InChI is InChI=1S/2C21H17.2CH3.2ClH.Si.Zr/c2*1-2-15-13-17-9-6-12-20(21(17)14-15)19-11-5-8-16-7-3-4-10-18(16)19;;;;;;/h2*3-14H,2H2,1H3;2*1H3;2*1H;;/q4*-1;;;;+2/p-2. The third-order valence-electron chi connectivity index (χ3n) is 8.60. The molecule has 0 amide bonds. The summed E-state index contributed by atoms with van der Waals surface area (Å²) < 4.78 is 0. The first-order valence-corrected chi connectivity index (χ1v) is 21.8. The van der Waals surface area contributed by atoms with Crippen LogP contribution in [0.1, 0.15) is 25.0 Å². The van der Waals surface area contributed by atoms with E-state index in [1.54, 1.807) is 0 Å². The number of halogens is 2. The maximum atomic E-state index is 4.93. The molecule has 0 unspecified atom stereocenters. The number of benzene rings is 6. The molecule has 0 N–H and O–H groups in total. The summed E-state index contributed by atoms with van der Waals surface area (Å²) >= 11 is -0.826. The van der Waals surface area contributed by atoms with Crippen LogP contribution in [-0.2, 0) is 33.7 Å². The van der Waals surface area contributed by atoms with Gasteiger partial charge in [-0.25, -0.2) is 0 Å². The van der Waals surface area contributed by atoms with Crippen molar-refractivity contribution in [3.8, 4) is 22.3 Å². The first kappa shape index (κ1) is 39.2. The monoisotopic (exact) mass is 756 g/mol. The largest absolute Gasteiger partial charge is 0 e. The van der Waals surface area contributed by atoms with Gasteiger partial charge in [0.1, 0.15) is 0 Å². The predicted octanol–water partition coefficient (Wildman–Crippen LogP) is 13.8. The molecule has 0 saturated carbocycles. The smallest absolute Gasteiger partial charge is 0 e. The van der Waals surface area contributed by atoms with Gasteiger partial charge in [-0.15, -0.1) is 69.1 Å². The second-order valence-corrected chi connectivity index (χ2v) is 14.9. The average molecular weight is 759 g/mol. The summed E-state index contributed by atoms with van der Waals surface area (Å²) in [5.41, 5.74) is 8.15. The van der Waals surface area contributed by atoms with Crippen molar-refractivity contribution in [2.45, 2.75) is 26.7 Å². The predicted molar refractivity (Wildman–Crippen MR) is 214 cm³/mol. The van der Waals surface area contributed by atoms with Gasteiger partial charge in [-0.3, -0.25) is 0 Å². The Morgan fingerprint density at radius 3 is 1.15 bits per heavy atom. The molecule has 242 valence electrons. The number of hydrogen-bond acceptors (Lipinski definition) is 0. The van der Waals surface area contributed by atoms with Crippen LogP contribution in [0, 0.1) is 14.9 Å². The van der Waals surface area contributed by atoms with E-state index in [0.29, 0.717) is 0 Å². The second-order valence-electron chi connectivity index (χ2n) is 11.2. The third kappa shape index (κ3) is 8.30. The summed E-state index contributed by atoms with van der Waals surface area (Å²) in [6, 6.07) is 52.9. The van der Waals surface area contributed by atoms with Crippen LogP contribution >= 0.6 is 17.0 Å². The second kappa shape index (κ2) is 18.5. The van der Waals surface area contributed by atoms with E-state index in [-0.39, 0.29) is 25.8 Å². The Morgan fingerprint density at radius 2 is 0.771 bits per heavy atom. The molecule has 0 atom stereocenters. The molecule has 0 aliphatic rings. The van der Waals surface area contributed by atoms with E-state index in [1.165, 1.54) is 76.5 Å². The zero-order valence-corrected chi connectivity index (χ0v) is 33.0. The number of fused-ring (bicyclic) bond motifs is 4. The van der Waals surface area contributed by atoms with Crippen LogP contribution in [-0.4, -0.2) is 11.0 Å². The minimum Gasteiger partial charge on any atom is 0 e. The van der Waals surface area contributed by atoms with Gasteiger partial charge in [0, 0.05) is 11.0 Å². The van der Waals surface area contributed by atoms with E-state index >= 15 is 0 Å². The molecule has 0 fully saturated rings. The Hall–Kier alpha value is -3.26. The topological polar surface area (TPSA) is 0 Å². The molecule has 0 nitrogen and oxygen atoms in total. The number of aryl methyl sites for hydroxylation is 2. The van der Waals surface area contributed by atoms with Gasteiger partial charge in [0.25, 0.3) is 0 Å². The van der Waals surface area contributed by atoms with Crippen molar-refractivity contribution in [1.82, 2.24) is 0 Å². The summed E-state index contributed by atoms with van der Waals surface area (Å²) in [7, 11) is 9.87. The van der Waals surface area contributed by atoms with E-state index in [9.17, 15) is 0 Å². The van der Waals surface area contributed by atoms with E-state index in [4.69, 9.17) is 17.0 Å². The minimum atomic E-state index is -0.826. The molecule has 8 aromatic rings. The van der Waals surface area contributed by atoms with Crippen LogP contribution in [0.15, 0.2) is 146 Å². The van der Waals surface area contributed by atoms with Gasteiger partial charge < -0.3 is 14.9 Å². The Bertz CT molecular complexity index is 2040. The Balaban J connectivity index is 0.000000228. The minimum absolute atomic E-state index is 0. The molecule has 0 aliphatic heterocycles. The summed E-state index contributed by atoms with van der Waals surface area (Å²) in [6.45, 7) is 4.43. The molecule has 0 aromatic heterocycles. The van der Waals surface area contributed by atoms with Gasteiger partial charge in [-0.05, 0) is 45.5 Å². The van der Waals surface area contributed by atoms with Crippen LogP contribution < -0.4 is 0 Å². The van der Waals surface area contributed by atoms with Crippen molar-refractivity contribution in [2.75, 3.05) is 0 Å². The molecule has 8 aromatic carbocycles. The van der Waals surface area contributed by atoms with Gasteiger partial charge in [-0.1, -0.05) is 122 Å². The van der Waals surface area contributed by atoms with Gasteiger partial charge in [-0.2, -0.15) is 12.1 Å². The van der Waals surface area contributed by atoms with Gasteiger partial charge in [0.2, 0.25) is 0 Å². The molecule has 0 saturated heterocycles. The molecular weight excluding hydrogens is 719 g/mol. The first-order chi connectivity index (χ1) is 22.1. The van der Waals surface area contributed by atoms with E-state index in [0.717, 1.165) is 12.8 Å². The zero-order chi connectivity index (χ0) is 31.2. The van der Waals surface area contributed by atoms with Gasteiger partial charge >= 0.3 is 37.9 Å². The molecule has 48 heavy (non-hydrogen) atoms. The summed E-state index contributed by atoms with van der Waals surface area (Å²) in [6.07, 6.45) is 2.17. The number of hydrogen-bond donors (Lipinski definition) is 0. The van der Waals surface area contributed by atoms with Crippen molar-refractivity contribution in [3.63, 3.8) is 0 Å².